The molecule has 2 atom stereocenters. The zero-order chi connectivity index (χ0) is 14.0. The van der Waals surface area contributed by atoms with Crippen LogP contribution in [0.25, 0.3) is 0 Å². The van der Waals surface area contributed by atoms with Gasteiger partial charge in [0, 0.05) is 12.2 Å². The molecule has 4 nitrogen and oxygen atoms in total. The molecular formula is C14H19ClN2O2. The van der Waals surface area contributed by atoms with Gasteiger partial charge in [-0.15, -0.1) is 0 Å². The first-order valence-corrected chi connectivity index (χ1v) is 6.88. The highest BCUT2D eigenvalue weighted by molar-refractivity contribution is 6.34. The van der Waals surface area contributed by atoms with Gasteiger partial charge in [-0.3, -0.25) is 4.79 Å². The fourth-order valence-electron chi connectivity index (χ4n) is 2.29. The van der Waals surface area contributed by atoms with Crippen LogP contribution in [0.3, 0.4) is 0 Å². The van der Waals surface area contributed by atoms with Crippen molar-refractivity contribution in [1.82, 2.24) is 4.90 Å². The van der Waals surface area contributed by atoms with Crippen molar-refractivity contribution in [2.45, 2.75) is 32.4 Å². The second-order valence-electron chi connectivity index (χ2n) is 4.90. The summed E-state index contributed by atoms with van der Waals surface area (Å²) in [5.74, 6) is -0.0701. The number of rotatable bonds is 2. The van der Waals surface area contributed by atoms with Gasteiger partial charge in [0.15, 0.2) is 0 Å². The van der Waals surface area contributed by atoms with E-state index in [1.807, 2.05) is 18.7 Å². The summed E-state index contributed by atoms with van der Waals surface area (Å²) in [6, 6.07) is 5.09. The Morgan fingerprint density at radius 3 is 3.00 bits per heavy atom. The molecule has 19 heavy (non-hydrogen) atoms. The maximum Gasteiger partial charge on any atom is 0.255 e. The molecule has 2 rings (SSSR count). The number of anilines is 1. The predicted molar refractivity (Wildman–Crippen MR) is 76.4 cm³/mol. The number of nitrogens with zero attached hydrogens (tertiary/aromatic N) is 1. The van der Waals surface area contributed by atoms with Crippen LogP contribution in [0.4, 0.5) is 5.69 Å². The molecule has 1 saturated heterocycles. The van der Waals surface area contributed by atoms with Crippen LogP contribution in [0.5, 0.6) is 0 Å². The molecule has 1 aliphatic rings. The molecule has 1 heterocycles. The predicted octanol–water partition coefficient (Wildman–Crippen LogP) is 2.56. The minimum Gasteiger partial charge on any atom is -0.399 e. The molecule has 2 N–H and O–H groups in total. The number of hydrogen-bond donors (Lipinski definition) is 1. The topological polar surface area (TPSA) is 55.6 Å². The number of ether oxygens (including phenoxy) is 1. The molecular weight excluding hydrogens is 264 g/mol. The van der Waals surface area contributed by atoms with Crippen LogP contribution in [-0.2, 0) is 4.74 Å². The maximum atomic E-state index is 12.6. The lowest BCUT2D eigenvalue weighted by molar-refractivity contribution is -0.0443. The van der Waals surface area contributed by atoms with E-state index in [4.69, 9.17) is 22.1 Å². The minimum atomic E-state index is -0.0701. The monoisotopic (exact) mass is 282 g/mol. The highest BCUT2D eigenvalue weighted by Crippen LogP contribution is 2.24. The normalized spacial score (nSPS) is 23.4. The molecule has 1 aliphatic heterocycles. The van der Waals surface area contributed by atoms with Crippen LogP contribution >= 0.6 is 11.6 Å². The van der Waals surface area contributed by atoms with E-state index in [0.717, 1.165) is 6.42 Å². The summed E-state index contributed by atoms with van der Waals surface area (Å²) in [7, 11) is 0. The molecule has 0 aromatic heterocycles. The molecule has 0 aliphatic carbocycles. The molecule has 1 aromatic carbocycles. The summed E-state index contributed by atoms with van der Waals surface area (Å²) in [4.78, 5) is 14.5. The van der Waals surface area contributed by atoms with E-state index < -0.39 is 0 Å². The van der Waals surface area contributed by atoms with Crippen LogP contribution in [0.1, 0.15) is 30.6 Å². The zero-order valence-corrected chi connectivity index (χ0v) is 12.0. The van der Waals surface area contributed by atoms with Gasteiger partial charge in [-0.05, 0) is 31.5 Å². The molecule has 1 amide bonds. The first-order chi connectivity index (χ1) is 9.02. The SMILES string of the molecule is CCC1COC(C)CN1C(=O)c1cc(N)ccc1Cl. The molecule has 104 valence electrons. The summed E-state index contributed by atoms with van der Waals surface area (Å²) in [6.07, 6.45) is 0.907. The Morgan fingerprint density at radius 1 is 1.58 bits per heavy atom. The van der Waals surface area contributed by atoms with Crippen LogP contribution in [0.15, 0.2) is 18.2 Å². The lowest BCUT2D eigenvalue weighted by Gasteiger charge is -2.38. The molecule has 1 aromatic rings. The Kier molecular flexibility index (Phi) is 4.32. The summed E-state index contributed by atoms with van der Waals surface area (Å²) >= 11 is 6.10. The van der Waals surface area contributed by atoms with Crippen molar-refractivity contribution >= 4 is 23.2 Å². The number of carbonyl (C=O) groups excluding carboxylic acids is 1. The van der Waals surface area contributed by atoms with Crippen LogP contribution < -0.4 is 5.73 Å². The van der Waals surface area contributed by atoms with E-state index in [-0.39, 0.29) is 18.1 Å². The molecule has 0 radical (unpaired) electrons. The Hall–Kier alpha value is -1.26. The Bertz CT molecular complexity index is 479. The van der Waals surface area contributed by atoms with E-state index in [0.29, 0.717) is 29.4 Å². The van der Waals surface area contributed by atoms with Crippen molar-refractivity contribution in [2.24, 2.45) is 0 Å². The van der Waals surface area contributed by atoms with Gasteiger partial charge in [0.25, 0.3) is 5.91 Å². The zero-order valence-electron chi connectivity index (χ0n) is 11.2. The van der Waals surface area contributed by atoms with Gasteiger partial charge in [0.1, 0.15) is 0 Å². The van der Waals surface area contributed by atoms with Crippen molar-refractivity contribution in [3.8, 4) is 0 Å². The van der Waals surface area contributed by atoms with Gasteiger partial charge in [-0.1, -0.05) is 18.5 Å². The van der Waals surface area contributed by atoms with E-state index >= 15 is 0 Å². The highest BCUT2D eigenvalue weighted by atomic mass is 35.5. The third kappa shape index (κ3) is 3.01. The van der Waals surface area contributed by atoms with E-state index in [2.05, 4.69) is 0 Å². The Balaban J connectivity index is 2.28. The van der Waals surface area contributed by atoms with E-state index in [1.165, 1.54) is 0 Å². The van der Waals surface area contributed by atoms with Gasteiger partial charge in [-0.25, -0.2) is 0 Å². The first-order valence-electron chi connectivity index (χ1n) is 6.50. The van der Waals surface area contributed by atoms with Crippen LogP contribution in [0.2, 0.25) is 5.02 Å². The number of hydrogen-bond acceptors (Lipinski definition) is 3. The molecule has 1 fully saturated rings. The number of nitrogens with two attached hydrogens (primary N) is 1. The Morgan fingerprint density at radius 2 is 2.32 bits per heavy atom. The van der Waals surface area contributed by atoms with Crippen LogP contribution in [0, 0.1) is 0 Å². The largest absolute Gasteiger partial charge is 0.399 e. The highest BCUT2D eigenvalue weighted by Gasteiger charge is 2.30. The number of nitrogen functional groups attached to an aromatic ring is 1. The molecule has 5 heteroatoms. The summed E-state index contributed by atoms with van der Waals surface area (Å²) in [6.45, 7) is 5.17. The van der Waals surface area contributed by atoms with Gasteiger partial charge < -0.3 is 15.4 Å². The lowest BCUT2D eigenvalue weighted by atomic mass is 10.1. The second-order valence-corrected chi connectivity index (χ2v) is 5.31. The average molecular weight is 283 g/mol. The number of amides is 1. The fraction of sp³-hybridized carbons (Fsp3) is 0.500. The summed E-state index contributed by atoms with van der Waals surface area (Å²) < 4.78 is 5.60. The van der Waals surface area contributed by atoms with Gasteiger partial charge in [0.05, 0.1) is 29.3 Å². The van der Waals surface area contributed by atoms with Crippen LogP contribution in [-0.4, -0.2) is 36.1 Å². The van der Waals surface area contributed by atoms with Crippen molar-refractivity contribution < 1.29 is 9.53 Å². The van der Waals surface area contributed by atoms with E-state index in [9.17, 15) is 4.79 Å². The maximum absolute atomic E-state index is 12.6. The lowest BCUT2D eigenvalue weighted by Crippen LogP contribution is -2.51. The number of benzene rings is 1. The second kappa shape index (κ2) is 5.80. The smallest absolute Gasteiger partial charge is 0.255 e. The quantitative estimate of drug-likeness (QED) is 0.848. The number of morpholine rings is 1. The molecule has 0 spiro atoms. The van der Waals surface area contributed by atoms with Crippen molar-refractivity contribution in [3.63, 3.8) is 0 Å². The molecule has 0 bridgehead atoms. The van der Waals surface area contributed by atoms with Crippen molar-refractivity contribution in [2.75, 3.05) is 18.9 Å². The number of halogens is 1. The summed E-state index contributed by atoms with van der Waals surface area (Å²) in [5.41, 5.74) is 6.75. The number of carbonyl (C=O) groups is 1. The van der Waals surface area contributed by atoms with Crippen molar-refractivity contribution in [1.29, 1.82) is 0 Å². The standard InChI is InChI=1S/C14H19ClN2O2/c1-3-11-8-19-9(2)7-17(11)14(18)12-6-10(16)4-5-13(12)15/h4-6,9,11H,3,7-8,16H2,1-2H3. The molecule has 2 unspecified atom stereocenters. The molecule has 0 saturated carbocycles. The average Bonchev–Trinajstić information content (AvgIpc) is 2.40. The van der Waals surface area contributed by atoms with E-state index in [1.54, 1.807) is 18.2 Å². The fourth-order valence-corrected chi connectivity index (χ4v) is 2.49. The summed E-state index contributed by atoms with van der Waals surface area (Å²) in [5, 5.41) is 0.438. The van der Waals surface area contributed by atoms with Crippen molar-refractivity contribution in [3.05, 3.63) is 28.8 Å². The first kappa shape index (κ1) is 14.2. The minimum absolute atomic E-state index is 0.0478. The third-order valence-electron chi connectivity index (χ3n) is 3.42. The third-order valence-corrected chi connectivity index (χ3v) is 3.75. The van der Waals surface area contributed by atoms with Gasteiger partial charge >= 0.3 is 0 Å². The Labute approximate surface area is 118 Å². The van der Waals surface area contributed by atoms with Gasteiger partial charge in [-0.2, -0.15) is 0 Å². The van der Waals surface area contributed by atoms with Gasteiger partial charge in [0.2, 0.25) is 0 Å².